The topological polar surface area (TPSA) is 60.9 Å². The zero-order valence-corrected chi connectivity index (χ0v) is 16.8. The molecule has 0 atom stereocenters. The monoisotopic (exact) mass is 409 g/mol. The lowest BCUT2D eigenvalue weighted by Crippen LogP contribution is -2.26. The minimum Gasteiger partial charge on any atom is -0.472 e. The highest BCUT2D eigenvalue weighted by molar-refractivity contribution is 7.98. The molecule has 0 unspecified atom stereocenters. The quantitative estimate of drug-likeness (QED) is 0.321. The Kier molecular flexibility index (Phi) is 4.78. The number of aromatic nitrogens is 3. The summed E-state index contributed by atoms with van der Waals surface area (Å²) in [4.78, 5) is 22.7. The molecule has 3 heterocycles. The van der Waals surface area contributed by atoms with Crippen LogP contribution in [0, 0.1) is 0 Å². The summed E-state index contributed by atoms with van der Waals surface area (Å²) in [6.07, 6.45) is 7.81. The maximum absolute atomic E-state index is 13.2. The Balaban J connectivity index is 1.48. The van der Waals surface area contributed by atoms with Crippen LogP contribution in [0.2, 0.25) is 0 Å². The summed E-state index contributed by atoms with van der Waals surface area (Å²) in [5, 5.41) is 4.51. The van der Waals surface area contributed by atoms with Gasteiger partial charge in [-0.2, -0.15) is 0 Å². The Labute approximate surface area is 170 Å². The van der Waals surface area contributed by atoms with Crippen LogP contribution in [0.15, 0.2) is 62.6 Å². The molecule has 0 bridgehead atoms. The molecule has 1 fully saturated rings. The Morgan fingerprint density at radius 3 is 2.86 bits per heavy atom. The maximum atomic E-state index is 13.2. The molecule has 3 aromatic heterocycles. The normalized spacial score (nSPS) is 14.9. The average Bonchev–Trinajstić information content (AvgIpc) is 3.48. The van der Waals surface area contributed by atoms with Gasteiger partial charge in [0, 0.05) is 22.7 Å². The highest BCUT2D eigenvalue weighted by atomic mass is 32.2. The molecule has 1 aromatic carbocycles. The summed E-state index contributed by atoms with van der Waals surface area (Å²) in [5.41, 5.74) is 2.83. The first kappa shape index (κ1) is 17.7. The fraction of sp³-hybridized carbons (Fsp3) is 0.286. The predicted molar refractivity (Wildman–Crippen MR) is 113 cm³/mol. The number of fused-ring (bicyclic) bond motifs is 1. The van der Waals surface area contributed by atoms with E-state index in [0.29, 0.717) is 11.1 Å². The smallest absolute Gasteiger partial charge is 0.262 e. The minimum atomic E-state index is 0.0809. The molecule has 7 heteroatoms. The minimum absolute atomic E-state index is 0.0809. The molecule has 0 N–H and O–H groups in total. The Morgan fingerprint density at radius 1 is 1.18 bits per heavy atom. The maximum Gasteiger partial charge on any atom is 0.262 e. The van der Waals surface area contributed by atoms with E-state index in [0.717, 1.165) is 39.8 Å². The Bertz CT molecular complexity index is 1160. The fourth-order valence-electron chi connectivity index (χ4n) is 3.74. The molecule has 5 rings (SSSR count). The van der Waals surface area contributed by atoms with Crippen LogP contribution in [-0.4, -0.2) is 14.5 Å². The number of rotatable bonds is 5. The number of hydrogen-bond donors (Lipinski definition) is 0. The highest BCUT2D eigenvalue weighted by Crippen LogP contribution is 2.33. The van der Waals surface area contributed by atoms with Gasteiger partial charge in [0.2, 0.25) is 0 Å². The molecule has 1 aliphatic carbocycles. The van der Waals surface area contributed by atoms with E-state index >= 15 is 0 Å². The second kappa shape index (κ2) is 7.56. The number of hydrogen-bond acceptors (Lipinski definition) is 6. The van der Waals surface area contributed by atoms with E-state index < -0.39 is 0 Å². The van der Waals surface area contributed by atoms with Crippen molar-refractivity contribution in [1.82, 2.24) is 14.5 Å². The van der Waals surface area contributed by atoms with Gasteiger partial charge < -0.3 is 4.42 Å². The molecule has 5 nitrogen and oxygen atoms in total. The van der Waals surface area contributed by atoms with Gasteiger partial charge in [-0.3, -0.25) is 9.36 Å². The molecule has 1 saturated carbocycles. The second-order valence-electron chi connectivity index (χ2n) is 6.97. The Hall–Kier alpha value is -2.38. The van der Waals surface area contributed by atoms with Gasteiger partial charge in [-0.05, 0) is 31.0 Å². The number of thioether (sulfide) groups is 1. The molecule has 0 radical (unpaired) electrons. The fourth-order valence-corrected chi connectivity index (χ4v) is 5.61. The van der Waals surface area contributed by atoms with E-state index in [9.17, 15) is 4.79 Å². The third-order valence-corrected chi connectivity index (χ3v) is 7.06. The summed E-state index contributed by atoms with van der Waals surface area (Å²) < 4.78 is 7.08. The van der Waals surface area contributed by atoms with E-state index in [1.54, 1.807) is 35.6 Å². The van der Waals surface area contributed by atoms with E-state index in [1.165, 1.54) is 12.8 Å². The Morgan fingerprint density at radius 2 is 2.04 bits per heavy atom. The van der Waals surface area contributed by atoms with Gasteiger partial charge in [0.15, 0.2) is 5.16 Å². The van der Waals surface area contributed by atoms with Gasteiger partial charge >= 0.3 is 0 Å². The van der Waals surface area contributed by atoms with Crippen LogP contribution in [0.5, 0.6) is 0 Å². The van der Waals surface area contributed by atoms with Gasteiger partial charge in [0.1, 0.15) is 11.3 Å². The van der Waals surface area contributed by atoms with Crippen molar-refractivity contribution in [3.8, 4) is 10.6 Å². The number of thiazole rings is 1. The third-order valence-electron chi connectivity index (χ3n) is 5.13. The van der Waals surface area contributed by atoms with Crippen LogP contribution in [0.4, 0.5) is 0 Å². The lowest BCUT2D eigenvalue weighted by atomic mass is 10.2. The summed E-state index contributed by atoms with van der Waals surface area (Å²) in [6, 6.07) is 9.80. The third kappa shape index (κ3) is 3.29. The van der Waals surface area contributed by atoms with Crippen molar-refractivity contribution >= 4 is 34.0 Å². The van der Waals surface area contributed by atoms with Crippen molar-refractivity contribution in [3.63, 3.8) is 0 Å². The molecule has 0 saturated heterocycles. The standard InChI is InChI=1S/C21H19N3O2S2/c25-20-17-7-3-4-8-18(17)23-21(24(20)16-5-1-2-6-16)28-13-15-12-27-19(22-15)14-9-10-26-11-14/h3-4,7-12,16H,1-2,5-6,13H2. The van der Waals surface area contributed by atoms with Crippen LogP contribution >= 0.6 is 23.1 Å². The zero-order valence-electron chi connectivity index (χ0n) is 15.2. The van der Waals surface area contributed by atoms with Crippen molar-refractivity contribution < 1.29 is 4.42 Å². The van der Waals surface area contributed by atoms with Crippen LogP contribution < -0.4 is 5.56 Å². The SMILES string of the molecule is O=c1c2ccccc2nc(SCc2csc(-c3ccoc3)n2)n1C1CCCC1. The second-order valence-corrected chi connectivity index (χ2v) is 8.77. The first-order valence-corrected chi connectivity index (χ1v) is 11.3. The first-order chi connectivity index (χ1) is 13.8. The van der Waals surface area contributed by atoms with Gasteiger partial charge in [-0.15, -0.1) is 11.3 Å². The summed E-state index contributed by atoms with van der Waals surface area (Å²) in [5.74, 6) is 0.686. The number of para-hydroxylation sites is 1. The molecular weight excluding hydrogens is 390 g/mol. The van der Waals surface area contributed by atoms with Gasteiger partial charge in [-0.1, -0.05) is 36.7 Å². The van der Waals surface area contributed by atoms with E-state index in [2.05, 4.69) is 5.38 Å². The van der Waals surface area contributed by atoms with E-state index in [1.807, 2.05) is 34.9 Å². The largest absolute Gasteiger partial charge is 0.472 e. The van der Waals surface area contributed by atoms with Gasteiger partial charge in [0.25, 0.3) is 5.56 Å². The molecular formula is C21H19N3O2S2. The first-order valence-electron chi connectivity index (χ1n) is 9.40. The van der Waals surface area contributed by atoms with Crippen molar-refractivity contribution in [1.29, 1.82) is 0 Å². The average molecular weight is 410 g/mol. The number of benzene rings is 1. The van der Waals surface area contributed by atoms with Crippen LogP contribution in [0.3, 0.4) is 0 Å². The lowest BCUT2D eigenvalue weighted by molar-refractivity contribution is 0.457. The zero-order chi connectivity index (χ0) is 18.9. The molecule has 4 aromatic rings. The number of nitrogens with zero attached hydrogens (tertiary/aromatic N) is 3. The van der Waals surface area contributed by atoms with E-state index in [-0.39, 0.29) is 11.6 Å². The van der Waals surface area contributed by atoms with E-state index in [4.69, 9.17) is 14.4 Å². The summed E-state index contributed by atoms with van der Waals surface area (Å²) >= 11 is 3.20. The number of furan rings is 1. The highest BCUT2D eigenvalue weighted by Gasteiger charge is 2.23. The molecule has 142 valence electrons. The molecule has 1 aliphatic rings. The van der Waals surface area contributed by atoms with Crippen molar-refractivity contribution in [2.75, 3.05) is 0 Å². The molecule has 0 spiro atoms. The van der Waals surface area contributed by atoms with Crippen molar-refractivity contribution in [2.45, 2.75) is 42.6 Å². The van der Waals surface area contributed by atoms with Gasteiger partial charge in [-0.25, -0.2) is 9.97 Å². The van der Waals surface area contributed by atoms with Crippen LogP contribution in [0.25, 0.3) is 21.5 Å². The molecule has 28 heavy (non-hydrogen) atoms. The van der Waals surface area contributed by atoms with Crippen LogP contribution in [0.1, 0.15) is 37.4 Å². The van der Waals surface area contributed by atoms with Crippen molar-refractivity contribution in [2.24, 2.45) is 0 Å². The summed E-state index contributed by atoms with van der Waals surface area (Å²) in [6.45, 7) is 0. The van der Waals surface area contributed by atoms with Gasteiger partial charge in [0.05, 0.1) is 22.9 Å². The molecule has 0 amide bonds. The lowest BCUT2D eigenvalue weighted by Gasteiger charge is -2.18. The predicted octanol–water partition coefficient (Wildman–Crippen LogP) is 5.52. The summed E-state index contributed by atoms with van der Waals surface area (Å²) in [7, 11) is 0. The molecule has 0 aliphatic heterocycles. The van der Waals surface area contributed by atoms with Crippen molar-refractivity contribution in [3.05, 3.63) is 64.3 Å². The van der Waals surface area contributed by atoms with Crippen LogP contribution in [-0.2, 0) is 5.75 Å².